The third-order valence-corrected chi connectivity index (χ3v) is 1.98. The van der Waals surface area contributed by atoms with Gasteiger partial charge in [0.05, 0.1) is 11.7 Å². The van der Waals surface area contributed by atoms with Crippen LogP contribution < -0.4 is 0 Å². The van der Waals surface area contributed by atoms with E-state index in [1.54, 1.807) is 19.1 Å². The highest BCUT2D eigenvalue weighted by Crippen LogP contribution is 2.14. The van der Waals surface area contributed by atoms with E-state index in [1.165, 1.54) is 6.08 Å². The van der Waals surface area contributed by atoms with Crippen LogP contribution in [0.3, 0.4) is 0 Å². The minimum Gasteiger partial charge on any atom is -0.386 e. The zero-order chi connectivity index (χ0) is 11.0. The maximum absolute atomic E-state index is 9.59. The van der Waals surface area contributed by atoms with E-state index in [-0.39, 0.29) is 0 Å². The Bertz CT molecular complexity index is 279. The molecule has 1 N–H and O–H groups in total. The molecule has 1 atom stereocenters. The highest BCUT2D eigenvalue weighted by atomic mass is 16.3. The van der Waals surface area contributed by atoms with E-state index in [1.807, 2.05) is 19.1 Å². The van der Waals surface area contributed by atoms with Crippen LogP contribution in [0, 0.1) is 11.3 Å². The highest BCUT2D eigenvalue weighted by Gasteiger charge is 2.12. The molecule has 0 saturated carbocycles. The normalized spacial score (nSPS) is 16.3. The second-order valence-corrected chi connectivity index (χ2v) is 3.51. The van der Waals surface area contributed by atoms with Crippen molar-refractivity contribution in [3.63, 3.8) is 0 Å². The Balaban J connectivity index is 4.00. The second-order valence-electron chi connectivity index (χ2n) is 3.51. The van der Waals surface area contributed by atoms with Gasteiger partial charge in [0.1, 0.15) is 0 Å². The van der Waals surface area contributed by atoms with Crippen LogP contribution in [-0.4, -0.2) is 10.7 Å². The SMILES string of the molecule is C=CC(C)(O)CC/C=C(C)/C=C/C#N. The maximum Gasteiger partial charge on any atom is 0.0912 e. The quantitative estimate of drug-likeness (QED) is 0.412. The smallest absolute Gasteiger partial charge is 0.0912 e. The third kappa shape index (κ3) is 6.22. The maximum atomic E-state index is 9.59. The summed E-state index contributed by atoms with van der Waals surface area (Å²) in [5.74, 6) is 0. The van der Waals surface area contributed by atoms with Gasteiger partial charge in [-0.2, -0.15) is 5.26 Å². The molecule has 0 fully saturated rings. The average Bonchev–Trinajstić information content (AvgIpc) is 2.14. The van der Waals surface area contributed by atoms with E-state index in [0.29, 0.717) is 6.42 Å². The van der Waals surface area contributed by atoms with Crippen LogP contribution >= 0.6 is 0 Å². The lowest BCUT2D eigenvalue weighted by atomic mass is 10.00. The summed E-state index contributed by atoms with van der Waals surface area (Å²) in [5, 5.41) is 17.9. The van der Waals surface area contributed by atoms with Crippen molar-refractivity contribution in [2.45, 2.75) is 32.3 Å². The molecule has 0 radical (unpaired) electrons. The molecular formula is C12H17NO. The summed E-state index contributed by atoms with van der Waals surface area (Å²) in [5.41, 5.74) is 0.238. The van der Waals surface area contributed by atoms with Gasteiger partial charge in [0.15, 0.2) is 0 Å². The molecule has 0 heterocycles. The van der Waals surface area contributed by atoms with E-state index in [4.69, 9.17) is 5.26 Å². The summed E-state index contributed by atoms with van der Waals surface area (Å²) in [6.45, 7) is 7.21. The Morgan fingerprint density at radius 3 is 2.79 bits per heavy atom. The van der Waals surface area contributed by atoms with Crippen LogP contribution in [0.4, 0.5) is 0 Å². The third-order valence-electron chi connectivity index (χ3n) is 1.98. The van der Waals surface area contributed by atoms with Gasteiger partial charge >= 0.3 is 0 Å². The zero-order valence-electron chi connectivity index (χ0n) is 8.83. The Morgan fingerprint density at radius 1 is 1.64 bits per heavy atom. The first kappa shape index (κ1) is 12.7. The van der Waals surface area contributed by atoms with Crippen molar-refractivity contribution in [1.82, 2.24) is 0 Å². The number of hydrogen-bond acceptors (Lipinski definition) is 2. The standard InChI is InChI=1S/C12H17NO/c1-4-12(3,14)9-5-7-11(2)8-6-10-13/h4,6-8,14H,1,5,9H2,2-3H3/b8-6+,11-7+. The Morgan fingerprint density at radius 2 is 2.29 bits per heavy atom. The van der Waals surface area contributed by atoms with Crippen LogP contribution in [-0.2, 0) is 0 Å². The molecule has 0 aromatic rings. The van der Waals surface area contributed by atoms with Crippen LogP contribution in [0.2, 0.25) is 0 Å². The number of hydrogen-bond donors (Lipinski definition) is 1. The Kier molecular flexibility index (Phi) is 5.59. The first-order chi connectivity index (χ1) is 6.52. The predicted molar refractivity (Wildman–Crippen MR) is 58.6 cm³/mol. The lowest BCUT2D eigenvalue weighted by molar-refractivity contribution is 0.103. The van der Waals surface area contributed by atoms with Gasteiger partial charge in [-0.25, -0.2) is 0 Å². The summed E-state index contributed by atoms with van der Waals surface area (Å²) in [4.78, 5) is 0. The van der Waals surface area contributed by atoms with Crippen molar-refractivity contribution in [2.24, 2.45) is 0 Å². The van der Waals surface area contributed by atoms with Crippen molar-refractivity contribution in [1.29, 1.82) is 5.26 Å². The van der Waals surface area contributed by atoms with Crippen molar-refractivity contribution < 1.29 is 5.11 Å². The van der Waals surface area contributed by atoms with Gasteiger partial charge in [0.2, 0.25) is 0 Å². The molecule has 2 nitrogen and oxygen atoms in total. The number of rotatable bonds is 5. The molecule has 2 heteroatoms. The van der Waals surface area contributed by atoms with Crippen molar-refractivity contribution in [3.8, 4) is 6.07 Å². The average molecular weight is 191 g/mol. The lowest BCUT2D eigenvalue weighted by Crippen LogP contribution is -2.19. The number of aliphatic hydroxyl groups is 1. The molecule has 0 aromatic heterocycles. The first-order valence-corrected chi connectivity index (χ1v) is 4.61. The first-order valence-electron chi connectivity index (χ1n) is 4.61. The molecule has 76 valence electrons. The molecule has 14 heavy (non-hydrogen) atoms. The fourth-order valence-electron chi connectivity index (χ4n) is 0.931. The van der Waals surface area contributed by atoms with Crippen LogP contribution in [0.15, 0.2) is 36.5 Å². The molecule has 0 aromatic carbocycles. The number of nitrogens with zero attached hydrogens (tertiary/aromatic N) is 1. The molecular weight excluding hydrogens is 174 g/mol. The fraction of sp³-hybridized carbons (Fsp3) is 0.417. The number of allylic oxidation sites excluding steroid dienone is 4. The van der Waals surface area contributed by atoms with Gasteiger partial charge in [-0.3, -0.25) is 0 Å². The highest BCUT2D eigenvalue weighted by molar-refractivity contribution is 5.20. The lowest BCUT2D eigenvalue weighted by Gasteiger charge is -2.16. The van der Waals surface area contributed by atoms with Gasteiger partial charge in [0, 0.05) is 6.08 Å². The van der Waals surface area contributed by atoms with Gasteiger partial charge < -0.3 is 5.11 Å². The topological polar surface area (TPSA) is 44.0 Å². The van der Waals surface area contributed by atoms with E-state index < -0.39 is 5.60 Å². The summed E-state index contributed by atoms with van der Waals surface area (Å²) >= 11 is 0. The molecule has 0 aliphatic carbocycles. The van der Waals surface area contributed by atoms with Gasteiger partial charge in [-0.15, -0.1) is 6.58 Å². The molecule has 0 aliphatic rings. The van der Waals surface area contributed by atoms with E-state index >= 15 is 0 Å². The Labute approximate surface area is 85.9 Å². The summed E-state index contributed by atoms with van der Waals surface area (Å²) in [6.07, 6.45) is 8.15. The molecule has 0 saturated heterocycles. The molecule has 0 aliphatic heterocycles. The molecule has 1 unspecified atom stereocenters. The van der Waals surface area contributed by atoms with E-state index in [0.717, 1.165) is 12.0 Å². The van der Waals surface area contributed by atoms with Crippen LogP contribution in [0.5, 0.6) is 0 Å². The summed E-state index contributed by atoms with van der Waals surface area (Å²) in [7, 11) is 0. The number of nitriles is 1. The molecule has 0 rings (SSSR count). The van der Waals surface area contributed by atoms with E-state index in [2.05, 4.69) is 6.58 Å². The monoisotopic (exact) mass is 191 g/mol. The van der Waals surface area contributed by atoms with Crippen molar-refractivity contribution in [3.05, 3.63) is 36.5 Å². The fourth-order valence-corrected chi connectivity index (χ4v) is 0.931. The molecule has 0 amide bonds. The van der Waals surface area contributed by atoms with Crippen LogP contribution in [0.25, 0.3) is 0 Å². The van der Waals surface area contributed by atoms with Crippen LogP contribution in [0.1, 0.15) is 26.7 Å². The minimum atomic E-state index is -0.796. The van der Waals surface area contributed by atoms with Crippen molar-refractivity contribution >= 4 is 0 Å². The van der Waals surface area contributed by atoms with Crippen molar-refractivity contribution in [2.75, 3.05) is 0 Å². The summed E-state index contributed by atoms with van der Waals surface area (Å²) < 4.78 is 0. The minimum absolute atomic E-state index is 0.647. The molecule has 0 spiro atoms. The Hall–Kier alpha value is -1.33. The zero-order valence-corrected chi connectivity index (χ0v) is 8.83. The molecule has 0 bridgehead atoms. The van der Waals surface area contributed by atoms with Gasteiger partial charge in [-0.1, -0.05) is 17.7 Å². The largest absolute Gasteiger partial charge is 0.386 e. The predicted octanol–water partition coefficient (Wildman–Crippen LogP) is 2.73. The van der Waals surface area contributed by atoms with Gasteiger partial charge in [-0.05, 0) is 32.8 Å². The summed E-state index contributed by atoms with van der Waals surface area (Å²) in [6, 6.07) is 1.93. The second kappa shape index (κ2) is 6.17. The van der Waals surface area contributed by atoms with E-state index in [9.17, 15) is 5.11 Å². The van der Waals surface area contributed by atoms with Gasteiger partial charge in [0.25, 0.3) is 0 Å².